The van der Waals surface area contributed by atoms with Gasteiger partial charge in [0.05, 0.1) is 6.04 Å². The Balaban J connectivity index is 1.83. The first-order chi connectivity index (χ1) is 11.4. The van der Waals surface area contributed by atoms with E-state index >= 15 is 0 Å². The monoisotopic (exact) mass is 346 g/mol. The summed E-state index contributed by atoms with van der Waals surface area (Å²) in [5.41, 5.74) is 1.91. The summed E-state index contributed by atoms with van der Waals surface area (Å²) < 4.78 is 12.8. The molecule has 0 spiro atoms. The van der Waals surface area contributed by atoms with Crippen molar-refractivity contribution in [2.45, 2.75) is 43.5 Å². The zero-order valence-electron chi connectivity index (χ0n) is 14.2. The number of hydrogen-bond acceptors (Lipinski definition) is 2. The maximum atomic E-state index is 12.8. The highest BCUT2D eigenvalue weighted by Crippen LogP contribution is 2.24. The van der Waals surface area contributed by atoms with Crippen LogP contribution in [-0.2, 0) is 6.54 Å². The molecule has 2 N–H and O–H groups in total. The minimum absolute atomic E-state index is 0.0867. The van der Waals surface area contributed by atoms with Crippen LogP contribution in [-0.4, -0.2) is 11.3 Å². The second-order valence-electron chi connectivity index (χ2n) is 5.91. The van der Waals surface area contributed by atoms with E-state index in [4.69, 9.17) is 0 Å². The smallest absolute Gasteiger partial charge is 0.315 e. The molecule has 2 aromatic rings. The van der Waals surface area contributed by atoms with Crippen molar-refractivity contribution in [2.24, 2.45) is 0 Å². The molecule has 0 aliphatic heterocycles. The van der Waals surface area contributed by atoms with Gasteiger partial charge in [0.15, 0.2) is 0 Å². The standard InChI is InChI=1S/C19H23FN2OS/c1-13(2)24-18-10-6-16(7-11-18)14(3)22-19(23)21-12-15-4-8-17(20)9-5-15/h4-11,13-14H,12H2,1-3H3,(H2,21,22,23). The Morgan fingerprint density at radius 2 is 1.67 bits per heavy atom. The lowest BCUT2D eigenvalue weighted by Crippen LogP contribution is -2.36. The van der Waals surface area contributed by atoms with Gasteiger partial charge in [0.1, 0.15) is 5.82 Å². The third kappa shape index (κ3) is 5.89. The van der Waals surface area contributed by atoms with E-state index in [0.717, 1.165) is 11.1 Å². The molecule has 1 atom stereocenters. The number of carbonyl (C=O) groups is 1. The summed E-state index contributed by atoms with van der Waals surface area (Å²) in [5, 5.41) is 6.23. The normalized spacial score (nSPS) is 12.0. The minimum atomic E-state index is -0.282. The van der Waals surface area contributed by atoms with Gasteiger partial charge in [-0.3, -0.25) is 0 Å². The number of hydrogen-bond donors (Lipinski definition) is 2. The van der Waals surface area contributed by atoms with Crippen LogP contribution in [0.15, 0.2) is 53.4 Å². The highest BCUT2D eigenvalue weighted by atomic mass is 32.2. The number of amides is 2. The molecule has 0 aromatic heterocycles. The number of nitrogens with one attached hydrogen (secondary N) is 2. The number of carbonyl (C=O) groups excluding carboxylic acids is 1. The van der Waals surface area contributed by atoms with E-state index in [1.54, 1.807) is 12.1 Å². The van der Waals surface area contributed by atoms with Crippen LogP contribution in [0.3, 0.4) is 0 Å². The highest BCUT2D eigenvalue weighted by molar-refractivity contribution is 7.99. The number of benzene rings is 2. The fourth-order valence-electron chi connectivity index (χ4n) is 2.22. The van der Waals surface area contributed by atoms with Gasteiger partial charge >= 0.3 is 6.03 Å². The van der Waals surface area contributed by atoms with Gasteiger partial charge in [-0.25, -0.2) is 9.18 Å². The summed E-state index contributed by atoms with van der Waals surface area (Å²) in [6.07, 6.45) is 0. The molecule has 0 bridgehead atoms. The Kier molecular flexibility index (Phi) is 6.67. The predicted octanol–water partition coefficient (Wildman–Crippen LogP) is 4.89. The van der Waals surface area contributed by atoms with E-state index in [2.05, 4.69) is 36.6 Å². The molecule has 3 nitrogen and oxygen atoms in total. The molecule has 24 heavy (non-hydrogen) atoms. The Morgan fingerprint density at radius 3 is 2.25 bits per heavy atom. The second kappa shape index (κ2) is 8.73. The zero-order valence-corrected chi connectivity index (χ0v) is 15.0. The van der Waals surface area contributed by atoms with Crippen LogP contribution in [0.4, 0.5) is 9.18 Å². The summed E-state index contributed by atoms with van der Waals surface area (Å²) in [4.78, 5) is 13.2. The van der Waals surface area contributed by atoms with E-state index in [1.165, 1.54) is 17.0 Å². The topological polar surface area (TPSA) is 41.1 Å². The molecule has 0 fully saturated rings. The van der Waals surface area contributed by atoms with E-state index in [1.807, 2.05) is 30.8 Å². The predicted molar refractivity (Wildman–Crippen MR) is 97.6 cm³/mol. The van der Waals surface area contributed by atoms with Gasteiger partial charge in [0.25, 0.3) is 0 Å². The molecular weight excluding hydrogens is 323 g/mol. The zero-order chi connectivity index (χ0) is 17.5. The van der Waals surface area contributed by atoms with Gasteiger partial charge in [-0.15, -0.1) is 11.8 Å². The van der Waals surface area contributed by atoms with Gasteiger partial charge in [0.2, 0.25) is 0 Å². The largest absolute Gasteiger partial charge is 0.334 e. The molecule has 0 aliphatic rings. The average Bonchev–Trinajstić information content (AvgIpc) is 2.54. The van der Waals surface area contributed by atoms with E-state index in [9.17, 15) is 9.18 Å². The summed E-state index contributed by atoms with van der Waals surface area (Å²) >= 11 is 1.81. The van der Waals surface area contributed by atoms with Gasteiger partial charge in [-0.05, 0) is 42.3 Å². The van der Waals surface area contributed by atoms with Crippen LogP contribution in [0.2, 0.25) is 0 Å². The Labute approximate surface area is 147 Å². The van der Waals surface area contributed by atoms with Crippen molar-refractivity contribution in [3.63, 3.8) is 0 Å². The van der Waals surface area contributed by atoms with Crippen LogP contribution >= 0.6 is 11.8 Å². The van der Waals surface area contributed by atoms with Gasteiger partial charge in [-0.1, -0.05) is 38.1 Å². The fourth-order valence-corrected chi connectivity index (χ4v) is 3.06. The lowest BCUT2D eigenvalue weighted by atomic mass is 10.1. The summed E-state index contributed by atoms with van der Waals surface area (Å²) in [7, 11) is 0. The third-order valence-corrected chi connectivity index (χ3v) is 4.48. The number of halogens is 1. The maximum absolute atomic E-state index is 12.8. The first-order valence-electron chi connectivity index (χ1n) is 7.99. The summed E-state index contributed by atoms with van der Waals surface area (Å²) in [6.45, 7) is 6.63. The average molecular weight is 346 g/mol. The van der Waals surface area contributed by atoms with Crippen LogP contribution in [0.25, 0.3) is 0 Å². The molecule has 128 valence electrons. The molecular formula is C19H23FN2OS. The molecule has 2 rings (SSSR count). The van der Waals surface area contributed by atoms with Crippen LogP contribution < -0.4 is 10.6 Å². The maximum Gasteiger partial charge on any atom is 0.315 e. The first kappa shape index (κ1) is 18.3. The van der Waals surface area contributed by atoms with Crippen molar-refractivity contribution in [1.82, 2.24) is 10.6 Å². The summed E-state index contributed by atoms with van der Waals surface area (Å²) in [6, 6.07) is 14.0. The molecule has 2 amide bonds. The second-order valence-corrected chi connectivity index (χ2v) is 7.56. The molecule has 0 aliphatic carbocycles. The highest BCUT2D eigenvalue weighted by Gasteiger charge is 2.09. The van der Waals surface area contributed by atoms with E-state index in [-0.39, 0.29) is 17.9 Å². The van der Waals surface area contributed by atoms with Crippen LogP contribution in [0.5, 0.6) is 0 Å². The third-order valence-electron chi connectivity index (χ3n) is 3.47. The van der Waals surface area contributed by atoms with Crippen molar-refractivity contribution < 1.29 is 9.18 Å². The van der Waals surface area contributed by atoms with Crippen molar-refractivity contribution in [1.29, 1.82) is 0 Å². The lowest BCUT2D eigenvalue weighted by Gasteiger charge is -2.16. The van der Waals surface area contributed by atoms with E-state index < -0.39 is 0 Å². The van der Waals surface area contributed by atoms with Crippen molar-refractivity contribution in [3.05, 3.63) is 65.5 Å². The number of thioether (sulfide) groups is 1. The van der Waals surface area contributed by atoms with Gasteiger partial charge < -0.3 is 10.6 Å². The van der Waals surface area contributed by atoms with Crippen molar-refractivity contribution >= 4 is 17.8 Å². The van der Waals surface area contributed by atoms with Crippen LogP contribution in [0, 0.1) is 5.82 Å². The molecule has 2 aromatic carbocycles. The van der Waals surface area contributed by atoms with Gasteiger partial charge in [-0.2, -0.15) is 0 Å². The Morgan fingerprint density at radius 1 is 1.04 bits per heavy atom. The summed E-state index contributed by atoms with van der Waals surface area (Å²) in [5.74, 6) is -0.282. The number of rotatable bonds is 6. The Bertz CT molecular complexity index is 656. The first-order valence-corrected chi connectivity index (χ1v) is 8.87. The van der Waals surface area contributed by atoms with Gasteiger partial charge in [0, 0.05) is 16.7 Å². The molecule has 0 saturated heterocycles. The molecule has 0 heterocycles. The number of urea groups is 1. The van der Waals surface area contributed by atoms with Crippen molar-refractivity contribution in [3.8, 4) is 0 Å². The molecule has 1 unspecified atom stereocenters. The lowest BCUT2D eigenvalue weighted by molar-refractivity contribution is 0.237. The van der Waals surface area contributed by atoms with Crippen LogP contribution in [0.1, 0.15) is 37.9 Å². The van der Waals surface area contributed by atoms with Crippen molar-refractivity contribution in [2.75, 3.05) is 0 Å². The molecule has 0 saturated carbocycles. The molecule has 5 heteroatoms. The minimum Gasteiger partial charge on any atom is -0.334 e. The quantitative estimate of drug-likeness (QED) is 0.732. The van der Waals surface area contributed by atoms with E-state index in [0.29, 0.717) is 11.8 Å². The Hall–Kier alpha value is -2.01. The fraction of sp³-hybridized carbons (Fsp3) is 0.316. The SMILES string of the molecule is CC(C)Sc1ccc(C(C)NC(=O)NCc2ccc(F)cc2)cc1. The molecule has 0 radical (unpaired) electrons.